The van der Waals surface area contributed by atoms with E-state index in [0.29, 0.717) is 0 Å². The molecule has 4 nitrogen and oxygen atoms in total. The third-order valence-corrected chi connectivity index (χ3v) is 5.10. The van der Waals surface area contributed by atoms with Crippen molar-refractivity contribution in [3.05, 3.63) is 30.1 Å². The lowest BCUT2D eigenvalue weighted by atomic mass is 9.99. The van der Waals surface area contributed by atoms with E-state index in [2.05, 4.69) is 33.8 Å². The predicted molar refractivity (Wildman–Crippen MR) is 86.0 cm³/mol. The Balaban J connectivity index is 1.82. The molecule has 1 aromatic rings. The van der Waals surface area contributed by atoms with Crippen molar-refractivity contribution in [2.24, 2.45) is 5.73 Å². The third kappa shape index (κ3) is 3.28. The fraction of sp³-hybridized carbons (Fsp3) is 0.706. The molecule has 2 aliphatic heterocycles. The maximum atomic E-state index is 6.47. The lowest BCUT2D eigenvalue weighted by Gasteiger charge is -2.35. The molecule has 3 rings (SSSR count). The van der Waals surface area contributed by atoms with Crippen molar-refractivity contribution in [3.63, 3.8) is 0 Å². The summed E-state index contributed by atoms with van der Waals surface area (Å²) in [5, 5.41) is 0. The zero-order chi connectivity index (χ0) is 14.7. The number of aromatic nitrogens is 1. The molecular weight excluding hydrogens is 260 g/mol. The molecule has 2 fully saturated rings. The molecule has 0 aliphatic carbocycles. The molecule has 2 N–H and O–H groups in total. The predicted octanol–water partition coefficient (Wildman–Crippen LogP) is 2.03. The molecule has 0 saturated carbocycles. The van der Waals surface area contributed by atoms with Gasteiger partial charge in [-0.15, -0.1) is 0 Å². The maximum absolute atomic E-state index is 6.47. The molecule has 0 radical (unpaired) electrons. The molecule has 1 aromatic heterocycles. The molecule has 0 bridgehead atoms. The average Bonchev–Trinajstić information content (AvgIpc) is 2.86. The second kappa shape index (κ2) is 6.86. The zero-order valence-corrected chi connectivity index (χ0v) is 13.1. The van der Waals surface area contributed by atoms with Crippen molar-refractivity contribution in [2.45, 2.75) is 50.7 Å². The van der Waals surface area contributed by atoms with E-state index in [0.717, 1.165) is 31.2 Å². The van der Waals surface area contributed by atoms with Gasteiger partial charge in [-0.05, 0) is 50.9 Å². The Morgan fingerprint density at radius 2 is 2.14 bits per heavy atom. The van der Waals surface area contributed by atoms with Crippen molar-refractivity contribution < 1.29 is 0 Å². The van der Waals surface area contributed by atoms with E-state index >= 15 is 0 Å². The first kappa shape index (κ1) is 14.9. The Morgan fingerprint density at radius 1 is 1.29 bits per heavy atom. The molecule has 3 unspecified atom stereocenters. The fourth-order valence-electron chi connectivity index (χ4n) is 3.94. The fourth-order valence-corrected chi connectivity index (χ4v) is 3.94. The van der Waals surface area contributed by atoms with E-state index < -0.39 is 0 Å². The van der Waals surface area contributed by atoms with Crippen LogP contribution in [0, 0.1) is 0 Å². The molecular formula is C17H28N4. The van der Waals surface area contributed by atoms with Crippen molar-refractivity contribution in [3.8, 4) is 0 Å². The van der Waals surface area contributed by atoms with Gasteiger partial charge in [0.25, 0.3) is 0 Å². The van der Waals surface area contributed by atoms with E-state index in [1.165, 1.54) is 32.4 Å². The minimum Gasteiger partial charge on any atom is -0.326 e. The smallest absolute Gasteiger partial charge is 0.0674 e. The van der Waals surface area contributed by atoms with Crippen molar-refractivity contribution >= 4 is 0 Å². The SMILES string of the molecule is CCC(N)C(c1ccccn1)N1CCCN2CCCC2C1. The van der Waals surface area contributed by atoms with Gasteiger partial charge < -0.3 is 5.73 Å². The highest BCUT2D eigenvalue weighted by atomic mass is 15.3. The second-order valence-corrected chi connectivity index (χ2v) is 6.45. The summed E-state index contributed by atoms with van der Waals surface area (Å²) < 4.78 is 0. The summed E-state index contributed by atoms with van der Waals surface area (Å²) in [6, 6.07) is 7.35. The van der Waals surface area contributed by atoms with Crippen LogP contribution >= 0.6 is 0 Å². The molecule has 0 aromatic carbocycles. The highest BCUT2D eigenvalue weighted by Crippen LogP contribution is 2.29. The molecule has 21 heavy (non-hydrogen) atoms. The Morgan fingerprint density at radius 3 is 2.90 bits per heavy atom. The van der Waals surface area contributed by atoms with Gasteiger partial charge in [-0.2, -0.15) is 0 Å². The first-order valence-electron chi connectivity index (χ1n) is 8.44. The van der Waals surface area contributed by atoms with Crippen LogP contribution in [-0.4, -0.2) is 53.0 Å². The Hall–Kier alpha value is -0.970. The first-order chi connectivity index (χ1) is 10.3. The number of nitrogens with zero attached hydrogens (tertiary/aromatic N) is 3. The largest absolute Gasteiger partial charge is 0.326 e. The third-order valence-electron chi connectivity index (χ3n) is 5.10. The number of hydrogen-bond acceptors (Lipinski definition) is 4. The van der Waals surface area contributed by atoms with Crippen molar-refractivity contribution in [1.82, 2.24) is 14.8 Å². The van der Waals surface area contributed by atoms with Gasteiger partial charge >= 0.3 is 0 Å². The van der Waals surface area contributed by atoms with Gasteiger partial charge in [-0.1, -0.05) is 13.0 Å². The minimum atomic E-state index is 0.160. The van der Waals surface area contributed by atoms with E-state index in [-0.39, 0.29) is 12.1 Å². The van der Waals surface area contributed by atoms with Gasteiger partial charge in [0, 0.05) is 31.4 Å². The monoisotopic (exact) mass is 288 g/mol. The van der Waals surface area contributed by atoms with Gasteiger partial charge in [0.05, 0.1) is 11.7 Å². The van der Waals surface area contributed by atoms with Crippen LogP contribution < -0.4 is 5.73 Å². The Bertz CT molecular complexity index is 436. The number of rotatable bonds is 4. The average molecular weight is 288 g/mol. The van der Waals surface area contributed by atoms with Crippen molar-refractivity contribution in [1.29, 1.82) is 0 Å². The van der Waals surface area contributed by atoms with E-state index in [1.54, 1.807) is 0 Å². The lowest BCUT2D eigenvalue weighted by molar-refractivity contribution is 0.148. The van der Waals surface area contributed by atoms with E-state index in [4.69, 9.17) is 5.73 Å². The highest BCUT2D eigenvalue weighted by molar-refractivity contribution is 5.12. The zero-order valence-electron chi connectivity index (χ0n) is 13.1. The quantitative estimate of drug-likeness (QED) is 0.921. The molecule has 3 heterocycles. The van der Waals surface area contributed by atoms with Crippen LogP contribution in [0.2, 0.25) is 0 Å². The van der Waals surface area contributed by atoms with Crippen LogP contribution in [0.15, 0.2) is 24.4 Å². The Labute approximate surface area is 128 Å². The molecule has 2 saturated heterocycles. The normalized spacial score (nSPS) is 27.0. The summed E-state index contributed by atoms with van der Waals surface area (Å²) in [6.45, 7) is 7.00. The topological polar surface area (TPSA) is 45.4 Å². The minimum absolute atomic E-state index is 0.160. The van der Waals surface area contributed by atoms with Gasteiger partial charge in [-0.3, -0.25) is 14.8 Å². The van der Waals surface area contributed by atoms with E-state index in [1.807, 2.05) is 12.3 Å². The molecule has 0 spiro atoms. The molecule has 116 valence electrons. The summed E-state index contributed by atoms with van der Waals surface area (Å²) in [5.74, 6) is 0. The maximum Gasteiger partial charge on any atom is 0.0674 e. The second-order valence-electron chi connectivity index (χ2n) is 6.45. The van der Waals surface area contributed by atoms with Crippen LogP contribution in [-0.2, 0) is 0 Å². The molecule has 0 amide bonds. The summed E-state index contributed by atoms with van der Waals surface area (Å²) in [7, 11) is 0. The number of nitrogens with two attached hydrogens (primary N) is 1. The van der Waals surface area contributed by atoms with Gasteiger partial charge in [0.2, 0.25) is 0 Å². The van der Waals surface area contributed by atoms with Crippen molar-refractivity contribution in [2.75, 3.05) is 26.2 Å². The molecule has 4 heteroatoms. The number of fused-ring (bicyclic) bond motifs is 1. The summed E-state index contributed by atoms with van der Waals surface area (Å²) in [5.41, 5.74) is 7.61. The number of pyridine rings is 1. The van der Waals surface area contributed by atoms with Gasteiger partial charge in [0.1, 0.15) is 0 Å². The Kier molecular flexibility index (Phi) is 4.88. The molecule has 3 atom stereocenters. The lowest BCUT2D eigenvalue weighted by Crippen LogP contribution is -2.45. The van der Waals surface area contributed by atoms with Gasteiger partial charge in [0.15, 0.2) is 0 Å². The number of hydrogen-bond donors (Lipinski definition) is 1. The van der Waals surface area contributed by atoms with Crippen LogP contribution in [0.3, 0.4) is 0 Å². The van der Waals surface area contributed by atoms with Gasteiger partial charge in [-0.25, -0.2) is 0 Å². The standard InChI is InChI=1S/C17H28N4/c1-2-15(18)17(16-8-3-4-9-19-16)21-12-6-11-20-10-5-7-14(20)13-21/h3-4,8-9,14-15,17H,2,5-7,10-13,18H2,1H3. The van der Waals surface area contributed by atoms with Crippen LogP contribution in [0.4, 0.5) is 0 Å². The van der Waals surface area contributed by atoms with Crippen LogP contribution in [0.1, 0.15) is 44.3 Å². The molecule has 2 aliphatic rings. The van der Waals surface area contributed by atoms with E-state index in [9.17, 15) is 0 Å². The highest BCUT2D eigenvalue weighted by Gasteiger charge is 2.34. The summed E-state index contributed by atoms with van der Waals surface area (Å²) in [4.78, 5) is 9.88. The van der Waals surface area contributed by atoms with Crippen LogP contribution in [0.25, 0.3) is 0 Å². The first-order valence-corrected chi connectivity index (χ1v) is 8.44. The van der Waals surface area contributed by atoms with Crippen LogP contribution in [0.5, 0.6) is 0 Å². The summed E-state index contributed by atoms with van der Waals surface area (Å²) >= 11 is 0. The summed E-state index contributed by atoms with van der Waals surface area (Å²) in [6.07, 6.45) is 6.83.